The Balaban J connectivity index is 2.22. The van der Waals surface area contributed by atoms with E-state index in [0.717, 1.165) is 25.7 Å². The molecule has 1 aliphatic rings. The zero-order valence-electron chi connectivity index (χ0n) is 9.93. The molecule has 1 heterocycles. The Hall–Kier alpha value is -0.850. The highest BCUT2D eigenvalue weighted by Crippen LogP contribution is 2.27. The normalized spacial score (nSPS) is 18.1. The summed E-state index contributed by atoms with van der Waals surface area (Å²) in [5, 5.41) is -0.00708. The van der Waals surface area contributed by atoms with E-state index in [1.807, 2.05) is 0 Å². The van der Waals surface area contributed by atoms with Gasteiger partial charge in [-0.1, -0.05) is 12.8 Å². The Morgan fingerprint density at radius 3 is 2.59 bits per heavy atom. The summed E-state index contributed by atoms with van der Waals surface area (Å²) in [7, 11) is -1.88. The van der Waals surface area contributed by atoms with Crippen molar-refractivity contribution in [1.29, 1.82) is 0 Å². The van der Waals surface area contributed by atoms with Gasteiger partial charge < -0.3 is 10.2 Å². The first kappa shape index (κ1) is 12.6. The van der Waals surface area contributed by atoms with Crippen LogP contribution in [0.15, 0.2) is 21.6 Å². The van der Waals surface area contributed by atoms with Crippen molar-refractivity contribution in [1.82, 2.24) is 4.31 Å². The third-order valence-electron chi connectivity index (χ3n) is 3.31. The van der Waals surface area contributed by atoms with Gasteiger partial charge in [0, 0.05) is 13.1 Å². The number of furan rings is 1. The molecule has 5 nitrogen and oxygen atoms in total. The van der Waals surface area contributed by atoms with Crippen LogP contribution in [0.4, 0.5) is 0 Å². The van der Waals surface area contributed by atoms with E-state index < -0.39 is 10.0 Å². The van der Waals surface area contributed by atoms with Crippen LogP contribution in [0.1, 0.15) is 31.4 Å². The first-order valence-electron chi connectivity index (χ1n) is 5.82. The maximum Gasteiger partial charge on any atom is 0.276 e. The lowest BCUT2D eigenvalue weighted by atomic mass is 10.3. The lowest BCUT2D eigenvalue weighted by Crippen LogP contribution is -2.34. The second kappa shape index (κ2) is 4.80. The summed E-state index contributed by atoms with van der Waals surface area (Å²) in [6, 6.07) is 3.18. The van der Waals surface area contributed by atoms with Gasteiger partial charge in [0.25, 0.3) is 10.0 Å². The molecule has 1 saturated carbocycles. The van der Waals surface area contributed by atoms with Crippen LogP contribution in [0, 0.1) is 0 Å². The average molecular weight is 258 g/mol. The number of nitrogens with zero attached hydrogens (tertiary/aromatic N) is 1. The van der Waals surface area contributed by atoms with Gasteiger partial charge in [0.05, 0.1) is 6.54 Å². The lowest BCUT2D eigenvalue weighted by Gasteiger charge is -2.22. The second-order valence-corrected chi connectivity index (χ2v) is 6.31. The number of sulfonamides is 1. The van der Waals surface area contributed by atoms with E-state index in [1.54, 1.807) is 13.1 Å². The number of hydrogen-bond acceptors (Lipinski definition) is 4. The van der Waals surface area contributed by atoms with E-state index >= 15 is 0 Å². The van der Waals surface area contributed by atoms with Crippen molar-refractivity contribution in [2.45, 2.75) is 43.4 Å². The molecule has 6 heteroatoms. The van der Waals surface area contributed by atoms with Gasteiger partial charge in [-0.25, -0.2) is 8.42 Å². The van der Waals surface area contributed by atoms with E-state index in [4.69, 9.17) is 10.2 Å². The molecule has 1 aliphatic carbocycles. The topological polar surface area (TPSA) is 76.5 Å². The molecule has 0 radical (unpaired) electrons. The molecule has 0 spiro atoms. The fourth-order valence-electron chi connectivity index (χ4n) is 2.21. The van der Waals surface area contributed by atoms with E-state index in [-0.39, 0.29) is 17.7 Å². The predicted octanol–water partition coefficient (Wildman–Crippen LogP) is 1.30. The van der Waals surface area contributed by atoms with Crippen molar-refractivity contribution in [3.05, 3.63) is 17.9 Å². The highest BCUT2D eigenvalue weighted by molar-refractivity contribution is 7.89. The quantitative estimate of drug-likeness (QED) is 0.883. The summed E-state index contributed by atoms with van der Waals surface area (Å²) in [4.78, 5) is 0. The summed E-state index contributed by atoms with van der Waals surface area (Å²) in [6.45, 7) is 0.211. The van der Waals surface area contributed by atoms with Crippen molar-refractivity contribution in [3.8, 4) is 0 Å². The summed E-state index contributed by atoms with van der Waals surface area (Å²) < 4.78 is 31.1. The van der Waals surface area contributed by atoms with Crippen LogP contribution in [-0.4, -0.2) is 25.8 Å². The highest BCUT2D eigenvalue weighted by atomic mass is 32.2. The van der Waals surface area contributed by atoms with Crippen molar-refractivity contribution in [3.63, 3.8) is 0 Å². The first-order chi connectivity index (χ1) is 8.05. The van der Waals surface area contributed by atoms with Gasteiger partial charge in [0.2, 0.25) is 5.09 Å². The molecular weight excluding hydrogens is 240 g/mol. The highest BCUT2D eigenvalue weighted by Gasteiger charge is 2.31. The molecule has 0 unspecified atom stereocenters. The molecule has 2 N–H and O–H groups in total. The summed E-state index contributed by atoms with van der Waals surface area (Å²) in [5.74, 6) is 0.489. The Kier molecular flexibility index (Phi) is 3.56. The zero-order chi connectivity index (χ0) is 12.5. The number of hydrogen-bond donors (Lipinski definition) is 1. The Morgan fingerprint density at radius 1 is 1.41 bits per heavy atom. The molecule has 0 atom stereocenters. The van der Waals surface area contributed by atoms with Crippen molar-refractivity contribution >= 4 is 10.0 Å². The molecular formula is C11H18N2O3S. The maximum atomic E-state index is 12.2. The van der Waals surface area contributed by atoms with Crippen LogP contribution >= 0.6 is 0 Å². The molecule has 0 saturated heterocycles. The van der Waals surface area contributed by atoms with Crippen LogP contribution in [-0.2, 0) is 16.6 Å². The molecule has 0 amide bonds. The number of nitrogens with two attached hydrogens (primary N) is 1. The molecule has 2 rings (SSSR count). The average Bonchev–Trinajstić information content (AvgIpc) is 2.98. The SMILES string of the molecule is CN(C1CCCC1)S(=O)(=O)c1ccc(CN)o1. The van der Waals surface area contributed by atoms with Gasteiger partial charge in [-0.2, -0.15) is 4.31 Å². The summed E-state index contributed by atoms with van der Waals surface area (Å²) in [6.07, 6.45) is 4.05. The minimum Gasteiger partial charge on any atom is -0.447 e. The molecule has 1 fully saturated rings. The fourth-order valence-corrected chi connectivity index (χ4v) is 3.55. The molecule has 0 aromatic carbocycles. The minimum atomic E-state index is -3.50. The maximum absolute atomic E-state index is 12.2. The van der Waals surface area contributed by atoms with Crippen molar-refractivity contribution in [2.24, 2.45) is 5.73 Å². The van der Waals surface area contributed by atoms with Gasteiger partial charge in [0.1, 0.15) is 5.76 Å². The summed E-state index contributed by atoms with van der Waals surface area (Å²) >= 11 is 0. The van der Waals surface area contributed by atoms with Gasteiger partial charge in [-0.3, -0.25) is 0 Å². The van der Waals surface area contributed by atoms with Gasteiger partial charge >= 0.3 is 0 Å². The molecule has 0 aliphatic heterocycles. The van der Waals surface area contributed by atoms with E-state index in [2.05, 4.69) is 0 Å². The van der Waals surface area contributed by atoms with Crippen molar-refractivity contribution in [2.75, 3.05) is 7.05 Å². The van der Waals surface area contributed by atoms with Gasteiger partial charge in [0.15, 0.2) is 0 Å². The third kappa shape index (κ3) is 2.38. The van der Waals surface area contributed by atoms with Gasteiger partial charge in [-0.15, -0.1) is 0 Å². The van der Waals surface area contributed by atoms with Crippen LogP contribution < -0.4 is 5.73 Å². The smallest absolute Gasteiger partial charge is 0.276 e. The second-order valence-electron chi connectivity index (χ2n) is 4.38. The van der Waals surface area contributed by atoms with E-state index in [9.17, 15) is 8.42 Å². The molecule has 96 valence electrons. The van der Waals surface area contributed by atoms with Crippen LogP contribution in [0.2, 0.25) is 0 Å². The van der Waals surface area contributed by atoms with E-state index in [0.29, 0.717) is 5.76 Å². The Bertz CT molecular complexity index is 475. The fraction of sp³-hybridized carbons (Fsp3) is 0.636. The number of rotatable bonds is 4. The first-order valence-corrected chi connectivity index (χ1v) is 7.26. The Labute approximate surface area is 102 Å². The zero-order valence-corrected chi connectivity index (χ0v) is 10.7. The summed E-state index contributed by atoms with van der Waals surface area (Å²) in [5.41, 5.74) is 5.40. The van der Waals surface area contributed by atoms with Gasteiger partial charge in [-0.05, 0) is 25.0 Å². The van der Waals surface area contributed by atoms with Crippen LogP contribution in [0.5, 0.6) is 0 Å². The molecule has 17 heavy (non-hydrogen) atoms. The lowest BCUT2D eigenvalue weighted by molar-refractivity contribution is 0.346. The largest absolute Gasteiger partial charge is 0.447 e. The predicted molar refractivity (Wildman–Crippen MR) is 63.8 cm³/mol. The monoisotopic (exact) mass is 258 g/mol. The molecule has 1 aromatic heterocycles. The third-order valence-corrected chi connectivity index (χ3v) is 5.09. The standard InChI is InChI=1S/C11H18N2O3S/c1-13(9-4-2-3-5-9)17(14,15)11-7-6-10(8-12)16-11/h6-7,9H,2-5,8,12H2,1H3. The molecule has 0 bridgehead atoms. The molecule has 1 aromatic rings. The van der Waals surface area contributed by atoms with Crippen LogP contribution in [0.25, 0.3) is 0 Å². The van der Waals surface area contributed by atoms with Crippen molar-refractivity contribution < 1.29 is 12.8 Å². The van der Waals surface area contributed by atoms with Crippen LogP contribution in [0.3, 0.4) is 0 Å². The Morgan fingerprint density at radius 2 is 2.06 bits per heavy atom. The van der Waals surface area contributed by atoms with E-state index in [1.165, 1.54) is 10.4 Å². The minimum absolute atomic E-state index is 0.00708.